The van der Waals surface area contributed by atoms with Crippen molar-refractivity contribution < 1.29 is 14.3 Å². The second-order valence-corrected chi connectivity index (χ2v) is 4.85. The number of halogens is 1. The summed E-state index contributed by atoms with van der Waals surface area (Å²) in [5.41, 5.74) is 0.954. The number of para-hydroxylation sites is 1. The number of nitrogens with one attached hydrogen (secondary N) is 1. The summed E-state index contributed by atoms with van der Waals surface area (Å²) in [5.74, 6) is -0.982. The highest BCUT2D eigenvalue weighted by Crippen LogP contribution is 2.13. The topological polar surface area (TPSA) is 55.4 Å². The van der Waals surface area contributed by atoms with Crippen LogP contribution in [0.4, 0.5) is 5.69 Å². The molecule has 4 nitrogen and oxygen atoms in total. The summed E-state index contributed by atoms with van der Waals surface area (Å²) >= 11 is 5.81. The summed E-state index contributed by atoms with van der Waals surface area (Å²) in [6.45, 7) is 1.51. The Balaban J connectivity index is 1.96. The molecule has 21 heavy (non-hydrogen) atoms. The lowest BCUT2D eigenvalue weighted by Gasteiger charge is -2.13. The van der Waals surface area contributed by atoms with Gasteiger partial charge in [0.25, 0.3) is 5.91 Å². The van der Waals surface area contributed by atoms with Gasteiger partial charge in [0.1, 0.15) is 0 Å². The van der Waals surface area contributed by atoms with Crippen molar-refractivity contribution in [3.8, 4) is 0 Å². The van der Waals surface area contributed by atoms with Gasteiger partial charge in [0, 0.05) is 10.7 Å². The molecule has 108 valence electrons. The lowest BCUT2D eigenvalue weighted by molar-refractivity contribution is -0.123. The standard InChI is InChI=1S/C16H14ClNO3/c1-11(15(19)18-14-8-3-2-4-9-14)21-16(20)12-6-5-7-13(17)10-12/h2-11H,1H3,(H,18,19)/t11-/m1/s1. The first-order valence-electron chi connectivity index (χ1n) is 6.39. The number of amides is 1. The van der Waals surface area contributed by atoms with Crippen LogP contribution < -0.4 is 5.32 Å². The molecule has 1 amide bonds. The van der Waals surface area contributed by atoms with Crippen molar-refractivity contribution in [2.75, 3.05) is 5.32 Å². The highest BCUT2D eigenvalue weighted by Gasteiger charge is 2.19. The van der Waals surface area contributed by atoms with Gasteiger partial charge in [-0.05, 0) is 37.3 Å². The van der Waals surface area contributed by atoms with Crippen molar-refractivity contribution in [3.05, 3.63) is 65.2 Å². The fourth-order valence-corrected chi connectivity index (χ4v) is 1.85. The maximum absolute atomic E-state index is 11.9. The molecule has 2 aromatic rings. The molecule has 0 aromatic heterocycles. The molecule has 2 rings (SSSR count). The van der Waals surface area contributed by atoms with Gasteiger partial charge < -0.3 is 10.1 Å². The van der Waals surface area contributed by atoms with Gasteiger partial charge in [0.05, 0.1) is 5.56 Å². The molecule has 0 saturated carbocycles. The van der Waals surface area contributed by atoms with Gasteiger partial charge in [0.2, 0.25) is 0 Å². The van der Waals surface area contributed by atoms with Gasteiger partial charge in [-0.2, -0.15) is 0 Å². The van der Waals surface area contributed by atoms with E-state index in [0.717, 1.165) is 0 Å². The summed E-state index contributed by atoms with van der Waals surface area (Å²) in [6, 6.07) is 15.3. The Morgan fingerprint density at radius 3 is 2.48 bits per heavy atom. The number of anilines is 1. The molecule has 0 unspecified atom stereocenters. The summed E-state index contributed by atoms with van der Waals surface area (Å²) < 4.78 is 5.12. The maximum atomic E-state index is 11.9. The number of carbonyl (C=O) groups is 2. The predicted octanol–water partition coefficient (Wildman–Crippen LogP) is 3.52. The van der Waals surface area contributed by atoms with Gasteiger partial charge in [-0.3, -0.25) is 4.79 Å². The Labute approximate surface area is 127 Å². The monoisotopic (exact) mass is 303 g/mol. The van der Waals surface area contributed by atoms with E-state index in [-0.39, 0.29) is 0 Å². The van der Waals surface area contributed by atoms with Crippen LogP contribution in [0.5, 0.6) is 0 Å². The number of benzene rings is 2. The van der Waals surface area contributed by atoms with Gasteiger partial charge in [-0.15, -0.1) is 0 Å². The summed E-state index contributed by atoms with van der Waals surface area (Å²) in [4.78, 5) is 23.8. The van der Waals surface area contributed by atoms with Crippen LogP contribution in [-0.2, 0) is 9.53 Å². The zero-order valence-electron chi connectivity index (χ0n) is 11.4. The molecular weight excluding hydrogens is 290 g/mol. The van der Waals surface area contributed by atoms with Gasteiger partial charge >= 0.3 is 5.97 Å². The number of esters is 1. The number of hydrogen-bond donors (Lipinski definition) is 1. The van der Waals surface area contributed by atoms with E-state index in [1.54, 1.807) is 42.5 Å². The van der Waals surface area contributed by atoms with Crippen LogP contribution in [0, 0.1) is 0 Å². The van der Waals surface area contributed by atoms with E-state index in [4.69, 9.17) is 16.3 Å². The van der Waals surface area contributed by atoms with E-state index in [1.807, 2.05) is 6.07 Å². The Morgan fingerprint density at radius 2 is 1.81 bits per heavy atom. The minimum atomic E-state index is -0.906. The van der Waals surface area contributed by atoms with Crippen molar-refractivity contribution in [3.63, 3.8) is 0 Å². The minimum absolute atomic E-state index is 0.307. The van der Waals surface area contributed by atoms with E-state index < -0.39 is 18.0 Å². The van der Waals surface area contributed by atoms with Crippen LogP contribution in [0.1, 0.15) is 17.3 Å². The van der Waals surface area contributed by atoms with E-state index in [2.05, 4.69) is 5.32 Å². The lowest BCUT2D eigenvalue weighted by Crippen LogP contribution is -2.29. The molecule has 0 bridgehead atoms. The fourth-order valence-electron chi connectivity index (χ4n) is 1.66. The summed E-state index contributed by atoms with van der Waals surface area (Å²) in [5, 5.41) is 3.10. The molecule has 0 aliphatic carbocycles. The van der Waals surface area contributed by atoms with Crippen LogP contribution in [0.2, 0.25) is 5.02 Å². The molecule has 0 saturated heterocycles. The number of hydrogen-bond acceptors (Lipinski definition) is 3. The molecular formula is C16H14ClNO3. The number of rotatable bonds is 4. The van der Waals surface area contributed by atoms with E-state index in [9.17, 15) is 9.59 Å². The van der Waals surface area contributed by atoms with E-state index in [1.165, 1.54) is 13.0 Å². The predicted molar refractivity (Wildman–Crippen MR) is 81.4 cm³/mol. The average molecular weight is 304 g/mol. The molecule has 0 aliphatic heterocycles. The molecule has 0 heterocycles. The maximum Gasteiger partial charge on any atom is 0.338 e. The van der Waals surface area contributed by atoms with E-state index >= 15 is 0 Å². The van der Waals surface area contributed by atoms with Gasteiger partial charge in [0.15, 0.2) is 6.10 Å². The largest absolute Gasteiger partial charge is 0.449 e. The van der Waals surface area contributed by atoms with Crippen LogP contribution >= 0.6 is 11.6 Å². The first-order valence-corrected chi connectivity index (χ1v) is 6.76. The second kappa shape index (κ2) is 6.90. The third-order valence-corrected chi connectivity index (χ3v) is 2.99. The average Bonchev–Trinajstić information content (AvgIpc) is 2.48. The normalized spacial score (nSPS) is 11.5. The molecule has 1 N–H and O–H groups in total. The highest BCUT2D eigenvalue weighted by molar-refractivity contribution is 6.30. The first-order chi connectivity index (χ1) is 10.1. The molecule has 5 heteroatoms. The molecule has 0 aliphatic rings. The van der Waals surface area contributed by atoms with Crippen molar-refractivity contribution in [2.24, 2.45) is 0 Å². The Bertz CT molecular complexity index is 643. The molecule has 0 radical (unpaired) electrons. The SMILES string of the molecule is C[C@@H](OC(=O)c1cccc(Cl)c1)C(=O)Nc1ccccc1. The summed E-state index contributed by atoms with van der Waals surface area (Å²) in [6.07, 6.45) is -0.906. The number of ether oxygens (including phenoxy) is 1. The Kier molecular flexibility index (Phi) is 4.95. The second-order valence-electron chi connectivity index (χ2n) is 4.41. The third-order valence-electron chi connectivity index (χ3n) is 2.75. The molecule has 1 atom stereocenters. The highest BCUT2D eigenvalue weighted by atomic mass is 35.5. The first kappa shape index (κ1) is 15.1. The quantitative estimate of drug-likeness (QED) is 0.879. The van der Waals surface area contributed by atoms with Crippen LogP contribution in [0.15, 0.2) is 54.6 Å². The third kappa shape index (κ3) is 4.33. The van der Waals surface area contributed by atoms with Crippen molar-refractivity contribution in [2.45, 2.75) is 13.0 Å². The van der Waals surface area contributed by atoms with Crippen molar-refractivity contribution >= 4 is 29.2 Å². The van der Waals surface area contributed by atoms with Crippen LogP contribution in [0.3, 0.4) is 0 Å². The fraction of sp³-hybridized carbons (Fsp3) is 0.125. The zero-order valence-corrected chi connectivity index (χ0v) is 12.1. The zero-order chi connectivity index (χ0) is 15.2. The Morgan fingerprint density at radius 1 is 1.10 bits per heavy atom. The molecule has 0 spiro atoms. The van der Waals surface area contributed by atoms with Crippen molar-refractivity contribution in [1.29, 1.82) is 0 Å². The molecule has 2 aromatic carbocycles. The van der Waals surface area contributed by atoms with E-state index in [0.29, 0.717) is 16.3 Å². The Hall–Kier alpha value is -2.33. The smallest absolute Gasteiger partial charge is 0.338 e. The van der Waals surface area contributed by atoms with Crippen LogP contribution in [0.25, 0.3) is 0 Å². The van der Waals surface area contributed by atoms with Crippen molar-refractivity contribution in [1.82, 2.24) is 0 Å². The summed E-state index contributed by atoms with van der Waals surface area (Å²) in [7, 11) is 0. The number of carbonyl (C=O) groups excluding carboxylic acids is 2. The van der Waals surface area contributed by atoms with Gasteiger partial charge in [-0.1, -0.05) is 35.9 Å². The lowest BCUT2D eigenvalue weighted by atomic mass is 10.2. The molecule has 0 fully saturated rings. The van der Waals surface area contributed by atoms with Gasteiger partial charge in [-0.25, -0.2) is 4.79 Å². The van der Waals surface area contributed by atoms with Crippen LogP contribution in [-0.4, -0.2) is 18.0 Å². The minimum Gasteiger partial charge on any atom is -0.449 e.